The van der Waals surface area contributed by atoms with Crippen LogP contribution >= 0.6 is 15.9 Å². The van der Waals surface area contributed by atoms with Crippen LogP contribution in [0.15, 0.2) is 18.2 Å². The number of nitro groups is 1. The van der Waals surface area contributed by atoms with Gasteiger partial charge in [-0.15, -0.1) is 0 Å². The number of nitrogens with zero attached hydrogens (tertiary/aromatic N) is 1. The van der Waals surface area contributed by atoms with E-state index in [1.165, 1.54) is 6.07 Å². The van der Waals surface area contributed by atoms with Gasteiger partial charge in [-0.05, 0) is 24.0 Å². The molecule has 0 heterocycles. The van der Waals surface area contributed by atoms with E-state index in [9.17, 15) is 10.1 Å². The van der Waals surface area contributed by atoms with Gasteiger partial charge in [0.05, 0.1) is 11.5 Å². The Morgan fingerprint density at radius 1 is 1.47 bits per heavy atom. The van der Waals surface area contributed by atoms with Crippen LogP contribution in [-0.4, -0.2) is 11.5 Å². The monoisotopic (exact) mass is 301 g/mol. The van der Waals surface area contributed by atoms with Crippen LogP contribution in [0.5, 0.6) is 5.75 Å². The molecule has 0 radical (unpaired) electrons. The van der Waals surface area contributed by atoms with Crippen molar-refractivity contribution in [2.45, 2.75) is 25.6 Å². The van der Waals surface area contributed by atoms with Crippen LogP contribution in [-0.2, 0) is 5.33 Å². The number of ether oxygens (including phenoxy) is 1. The van der Waals surface area contributed by atoms with Gasteiger partial charge >= 0.3 is 5.69 Å². The quantitative estimate of drug-likeness (QED) is 0.455. The molecule has 1 aromatic rings. The van der Waals surface area contributed by atoms with Gasteiger partial charge in [0.2, 0.25) is 0 Å². The van der Waals surface area contributed by atoms with E-state index in [4.69, 9.17) is 4.74 Å². The number of alkyl halides is 1. The fourth-order valence-corrected chi connectivity index (χ4v) is 1.66. The fourth-order valence-electron chi connectivity index (χ4n) is 1.31. The van der Waals surface area contributed by atoms with Crippen LogP contribution < -0.4 is 4.74 Å². The van der Waals surface area contributed by atoms with Crippen molar-refractivity contribution >= 4 is 21.6 Å². The molecule has 0 spiro atoms. The summed E-state index contributed by atoms with van der Waals surface area (Å²) in [5, 5.41) is 11.5. The van der Waals surface area contributed by atoms with Crippen LogP contribution in [0, 0.1) is 16.0 Å². The first-order valence-electron chi connectivity index (χ1n) is 5.50. The van der Waals surface area contributed by atoms with Crippen molar-refractivity contribution in [2.75, 3.05) is 6.61 Å². The largest absolute Gasteiger partial charge is 0.487 e. The molecule has 0 aromatic heterocycles. The van der Waals surface area contributed by atoms with Gasteiger partial charge in [-0.1, -0.05) is 35.8 Å². The first-order valence-corrected chi connectivity index (χ1v) is 6.62. The second-order valence-corrected chi connectivity index (χ2v) is 4.78. The summed E-state index contributed by atoms with van der Waals surface area (Å²) < 4.78 is 5.49. The minimum Gasteiger partial charge on any atom is -0.487 e. The van der Waals surface area contributed by atoms with Crippen molar-refractivity contribution in [3.05, 3.63) is 33.9 Å². The zero-order chi connectivity index (χ0) is 12.8. The van der Waals surface area contributed by atoms with E-state index in [0.717, 1.165) is 12.0 Å². The van der Waals surface area contributed by atoms with Gasteiger partial charge < -0.3 is 4.74 Å². The third-order valence-corrected chi connectivity index (χ3v) is 2.98. The molecule has 94 valence electrons. The molecule has 0 saturated heterocycles. The molecule has 0 fully saturated rings. The van der Waals surface area contributed by atoms with Crippen LogP contribution in [0.3, 0.4) is 0 Å². The number of nitro benzene ring substituents is 1. The van der Waals surface area contributed by atoms with Crippen molar-refractivity contribution in [1.82, 2.24) is 0 Å². The highest BCUT2D eigenvalue weighted by Crippen LogP contribution is 2.29. The van der Waals surface area contributed by atoms with Gasteiger partial charge in [0.25, 0.3) is 0 Å². The molecule has 1 aromatic carbocycles. The van der Waals surface area contributed by atoms with Crippen LogP contribution in [0.2, 0.25) is 0 Å². The Morgan fingerprint density at radius 3 is 2.71 bits per heavy atom. The van der Waals surface area contributed by atoms with Crippen LogP contribution in [0.1, 0.15) is 25.8 Å². The molecule has 0 aliphatic carbocycles. The lowest BCUT2D eigenvalue weighted by atomic mass is 10.1. The van der Waals surface area contributed by atoms with Crippen molar-refractivity contribution in [2.24, 2.45) is 5.92 Å². The van der Waals surface area contributed by atoms with Crippen LogP contribution in [0.25, 0.3) is 0 Å². The lowest BCUT2D eigenvalue weighted by Gasteiger charge is -2.09. The SMILES string of the molecule is CC(C)CCOc1cc(CBr)ccc1[N+](=O)[O-]. The predicted molar refractivity (Wildman–Crippen MR) is 70.7 cm³/mol. The zero-order valence-corrected chi connectivity index (χ0v) is 11.6. The van der Waals surface area contributed by atoms with Gasteiger partial charge in [-0.3, -0.25) is 10.1 Å². The van der Waals surface area contributed by atoms with Crippen molar-refractivity contribution in [3.8, 4) is 5.75 Å². The lowest BCUT2D eigenvalue weighted by molar-refractivity contribution is -0.385. The smallest absolute Gasteiger partial charge is 0.310 e. The van der Waals surface area contributed by atoms with E-state index >= 15 is 0 Å². The minimum atomic E-state index is -0.414. The highest BCUT2D eigenvalue weighted by molar-refractivity contribution is 9.08. The highest BCUT2D eigenvalue weighted by atomic mass is 79.9. The van der Waals surface area contributed by atoms with Gasteiger partial charge in [0.15, 0.2) is 5.75 Å². The van der Waals surface area contributed by atoms with Crippen molar-refractivity contribution in [3.63, 3.8) is 0 Å². The van der Waals surface area contributed by atoms with Gasteiger partial charge in [0.1, 0.15) is 0 Å². The maximum atomic E-state index is 10.8. The third-order valence-electron chi connectivity index (χ3n) is 2.33. The van der Waals surface area contributed by atoms with Crippen LogP contribution in [0.4, 0.5) is 5.69 Å². The maximum absolute atomic E-state index is 10.8. The molecular formula is C12H16BrNO3. The summed E-state index contributed by atoms with van der Waals surface area (Å²) in [6.45, 7) is 4.68. The Kier molecular flexibility index (Phi) is 5.41. The number of hydrogen-bond donors (Lipinski definition) is 0. The molecule has 0 unspecified atom stereocenters. The molecule has 0 aliphatic rings. The second-order valence-electron chi connectivity index (χ2n) is 4.22. The van der Waals surface area contributed by atoms with Gasteiger partial charge in [-0.2, -0.15) is 0 Å². The van der Waals surface area contributed by atoms with E-state index in [-0.39, 0.29) is 5.69 Å². The number of benzene rings is 1. The summed E-state index contributed by atoms with van der Waals surface area (Å²) in [7, 11) is 0. The van der Waals surface area contributed by atoms with E-state index in [1.807, 2.05) is 0 Å². The average molecular weight is 302 g/mol. The van der Waals surface area contributed by atoms with Gasteiger partial charge in [0, 0.05) is 11.4 Å². The molecule has 5 heteroatoms. The van der Waals surface area contributed by atoms with E-state index in [0.29, 0.717) is 23.6 Å². The Morgan fingerprint density at radius 2 is 2.18 bits per heavy atom. The first kappa shape index (κ1) is 14.0. The Labute approximate surface area is 109 Å². The molecule has 0 saturated carbocycles. The summed E-state index contributed by atoms with van der Waals surface area (Å²) >= 11 is 3.32. The maximum Gasteiger partial charge on any atom is 0.310 e. The van der Waals surface area contributed by atoms with Gasteiger partial charge in [-0.25, -0.2) is 0 Å². The average Bonchev–Trinajstić information content (AvgIpc) is 2.28. The molecule has 4 nitrogen and oxygen atoms in total. The fraction of sp³-hybridized carbons (Fsp3) is 0.500. The Balaban J connectivity index is 2.82. The molecule has 1 rings (SSSR count). The second kappa shape index (κ2) is 6.59. The standard InChI is InChI=1S/C12H16BrNO3/c1-9(2)5-6-17-12-7-10(8-13)3-4-11(12)14(15)16/h3-4,7,9H,5-6,8H2,1-2H3. The molecule has 0 aliphatic heterocycles. The minimum absolute atomic E-state index is 0.0263. The topological polar surface area (TPSA) is 52.4 Å². The Hall–Kier alpha value is -1.10. The number of halogens is 1. The van der Waals surface area contributed by atoms with Crippen molar-refractivity contribution < 1.29 is 9.66 Å². The lowest BCUT2D eigenvalue weighted by Crippen LogP contribution is -2.03. The molecule has 0 bridgehead atoms. The molecular weight excluding hydrogens is 286 g/mol. The van der Waals surface area contributed by atoms with Crippen molar-refractivity contribution in [1.29, 1.82) is 0 Å². The zero-order valence-electron chi connectivity index (χ0n) is 9.98. The molecule has 0 amide bonds. The number of rotatable bonds is 6. The summed E-state index contributed by atoms with van der Waals surface area (Å²) in [5.74, 6) is 0.876. The van der Waals surface area contributed by atoms with E-state index in [1.54, 1.807) is 12.1 Å². The van der Waals surface area contributed by atoms with E-state index in [2.05, 4.69) is 29.8 Å². The molecule has 0 N–H and O–H groups in total. The highest BCUT2D eigenvalue weighted by Gasteiger charge is 2.15. The summed E-state index contributed by atoms with van der Waals surface area (Å²) in [6.07, 6.45) is 0.885. The number of hydrogen-bond acceptors (Lipinski definition) is 3. The molecule has 17 heavy (non-hydrogen) atoms. The summed E-state index contributed by atoms with van der Waals surface area (Å²) in [5.41, 5.74) is 0.994. The first-order chi connectivity index (χ1) is 8.04. The Bertz CT molecular complexity index is 393. The van der Waals surface area contributed by atoms with E-state index < -0.39 is 4.92 Å². The summed E-state index contributed by atoms with van der Waals surface area (Å²) in [4.78, 5) is 10.4. The summed E-state index contributed by atoms with van der Waals surface area (Å²) in [6, 6.07) is 4.93. The normalized spacial score (nSPS) is 10.6. The third kappa shape index (κ3) is 4.34. The molecule has 0 atom stereocenters. The predicted octanol–water partition coefficient (Wildman–Crippen LogP) is 3.91.